The monoisotopic (exact) mass is 417 g/mol. The number of thiazole rings is 1. The lowest BCUT2D eigenvalue weighted by molar-refractivity contribution is 0.394. The van der Waals surface area contributed by atoms with Crippen LogP contribution in [0.5, 0.6) is 11.5 Å². The van der Waals surface area contributed by atoms with Crippen LogP contribution >= 0.6 is 27.3 Å². The number of ether oxygens (including phenoxy) is 2. The van der Waals surface area contributed by atoms with Crippen LogP contribution in [0.1, 0.15) is 5.56 Å². The summed E-state index contributed by atoms with van der Waals surface area (Å²) in [4.78, 5) is 4.54. The minimum Gasteiger partial charge on any atom is -0.497 e. The first-order valence-electron chi connectivity index (χ1n) is 7.42. The van der Waals surface area contributed by atoms with Crippen LogP contribution in [-0.2, 0) is 0 Å². The van der Waals surface area contributed by atoms with Gasteiger partial charge in [-0.2, -0.15) is 5.10 Å². The van der Waals surface area contributed by atoms with E-state index in [1.54, 1.807) is 20.4 Å². The molecule has 0 unspecified atom stereocenters. The van der Waals surface area contributed by atoms with Gasteiger partial charge in [0.2, 0.25) is 5.13 Å². The molecule has 0 aliphatic carbocycles. The summed E-state index contributed by atoms with van der Waals surface area (Å²) in [6, 6.07) is 13.6. The molecule has 2 aromatic carbocycles. The zero-order valence-corrected chi connectivity index (χ0v) is 16.1. The summed E-state index contributed by atoms with van der Waals surface area (Å²) in [5.74, 6) is 1.43. The highest BCUT2D eigenvalue weighted by molar-refractivity contribution is 9.10. The average molecular weight is 418 g/mol. The van der Waals surface area contributed by atoms with Gasteiger partial charge in [0.1, 0.15) is 11.5 Å². The van der Waals surface area contributed by atoms with Crippen LogP contribution in [0, 0.1) is 0 Å². The molecule has 7 heteroatoms. The van der Waals surface area contributed by atoms with E-state index in [0.29, 0.717) is 5.75 Å². The van der Waals surface area contributed by atoms with E-state index >= 15 is 0 Å². The Kier molecular flexibility index (Phi) is 5.67. The predicted molar refractivity (Wildman–Crippen MR) is 106 cm³/mol. The topological polar surface area (TPSA) is 55.7 Å². The van der Waals surface area contributed by atoms with Gasteiger partial charge in [-0.25, -0.2) is 4.98 Å². The highest BCUT2D eigenvalue weighted by Crippen LogP contribution is 2.26. The van der Waals surface area contributed by atoms with Crippen LogP contribution < -0.4 is 14.9 Å². The third kappa shape index (κ3) is 4.37. The van der Waals surface area contributed by atoms with Crippen molar-refractivity contribution < 1.29 is 9.47 Å². The Morgan fingerprint density at radius 3 is 2.64 bits per heavy atom. The normalized spacial score (nSPS) is 10.8. The molecular weight excluding hydrogens is 402 g/mol. The number of benzene rings is 2. The van der Waals surface area contributed by atoms with Crippen LogP contribution in [0.3, 0.4) is 0 Å². The van der Waals surface area contributed by atoms with Crippen LogP contribution in [0.4, 0.5) is 5.13 Å². The number of anilines is 1. The fraction of sp³-hybridized carbons (Fsp3) is 0.111. The molecule has 0 saturated carbocycles. The Balaban J connectivity index is 1.70. The summed E-state index contributed by atoms with van der Waals surface area (Å²) >= 11 is 4.93. The number of nitrogens with one attached hydrogen (secondary N) is 1. The molecule has 5 nitrogen and oxygen atoms in total. The number of hydrazone groups is 1. The van der Waals surface area contributed by atoms with Crippen molar-refractivity contribution in [2.24, 2.45) is 5.10 Å². The lowest BCUT2D eigenvalue weighted by Crippen LogP contribution is -1.95. The fourth-order valence-corrected chi connectivity index (χ4v) is 3.09. The molecule has 0 bridgehead atoms. The van der Waals surface area contributed by atoms with Gasteiger partial charge in [0.05, 0.1) is 26.1 Å². The maximum absolute atomic E-state index is 5.35. The maximum atomic E-state index is 5.35. The van der Waals surface area contributed by atoms with Crippen LogP contribution in [0.25, 0.3) is 11.3 Å². The molecule has 0 amide bonds. The van der Waals surface area contributed by atoms with Gasteiger partial charge < -0.3 is 9.47 Å². The van der Waals surface area contributed by atoms with Gasteiger partial charge >= 0.3 is 0 Å². The van der Waals surface area contributed by atoms with Crippen molar-refractivity contribution in [3.8, 4) is 22.8 Å². The minimum absolute atomic E-state index is 0.694. The molecule has 1 N–H and O–H groups in total. The van der Waals surface area contributed by atoms with Crippen LogP contribution in [0.2, 0.25) is 0 Å². The largest absolute Gasteiger partial charge is 0.497 e. The SMILES string of the molecule is COc1ccc(C=NNc2nc(-c3ccc(Br)cc3)cs2)c(OC)c1. The number of hydrogen-bond acceptors (Lipinski definition) is 6. The molecule has 128 valence electrons. The van der Waals surface area contributed by atoms with E-state index in [1.165, 1.54) is 11.3 Å². The molecule has 0 spiro atoms. The molecule has 1 heterocycles. The highest BCUT2D eigenvalue weighted by atomic mass is 79.9. The zero-order valence-electron chi connectivity index (χ0n) is 13.7. The molecule has 0 fully saturated rings. The quantitative estimate of drug-likeness (QED) is 0.450. The summed E-state index contributed by atoms with van der Waals surface area (Å²) in [6.45, 7) is 0. The van der Waals surface area contributed by atoms with Crippen molar-refractivity contribution in [3.63, 3.8) is 0 Å². The van der Waals surface area contributed by atoms with Gasteiger partial charge in [-0.3, -0.25) is 5.43 Å². The van der Waals surface area contributed by atoms with Crippen LogP contribution in [0.15, 0.2) is 57.4 Å². The van der Waals surface area contributed by atoms with Gasteiger partial charge in [-0.1, -0.05) is 28.1 Å². The molecule has 3 aromatic rings. The first-order chi connectivity index (χ1) is 12.2. The summed E-state index contributed by atoms with van der Waals surface area (Å²) < 4.78 is 11.6. The van der Waals surface area contributed by atoms with E-state index in [2.05, 4.69) is 31.4 Å². The second-order valence-electron chi connectivity index (χ2n) is 5.02. The van der Waals surface area contributed by atoms with E-state index in [1.807, 2.05) is 47.8 Å². The van der Waals surface area contributed by atoms with E-state index in [9.17, 15) is 0 Å². The first kappa shape index (κ1) is 17.4. The lowest BCUT2D eigenvalue weighted by atomic mass is 10.2. The zero-order chi connectivity index (χ0) is 17.6. The summed E-state index contributed by atoms with van der Waals surface area (Å²) in [5, 5.41) is 6.96. The molecule has 25 heavy (non-hydrogen) atoms. The molecule has 3 rings (SSSR count). The van der Waals surface area contributed by atoms with E-state index in [0.717, 1.165) is 32.2 Å². The number of aromatic nitrogens is 1. The lowest BCUT2D eigenvalue weighted by Gasteiger charge is -2.06. The van der Waals surface area contributed by atoms with Crippen molar-refractivity contribution in [2.45, 2.75) is 0 Å². The van der Waals surface area contributed by atoms with Crippen molar-refractivity contribution >= 4 is 38.6 Å². The van der Waals surface area contributed by atoms with Gasteiger partial charge in [-0.15, -0.1) is 11.3 Å². The molecule has 0 saturated heterocycles. The summed E-state index contributed by atoms with van der Waals surface area (Å²) in [7, 11) is 3.24. The Labute approximate surface area is 158 Å². The van der Waals surface area contributed by atoms with E-state index in [4.69, 9.17) is 9.47 Å². The van der Waals surface area contributed by atoms with E-state index in [-0.39, 0.29) is 0 Å². The molecule has 0 aliphatic heterocycles. The van der Waals surface area contributed by atoms with Crippen molar-refractivity contribution in [1.29, 1.82) is 0 Å². The number of rotatable bonds is 6. The van der Waals surface area contributed by atoms with Crippen molar-refractivity contribution in [3.05, 3.63) is 57.9 Å². The van der Waals surface area contributed by atoms with Gasteiger partial charge in [-0.05, 0) is 24.3 Å². The second-order valence-corrected chi connectivity index (χ2v) is 6.80. The first-order valence-corrected chi connectivity index (χ1v) is 9.09. The third-order valence-electron chi connectivity index (χ3n) is 3.45. The fourth-order valence-electron chi connectivity index (χ4n) is 2.16. The van der Waals surface area contributed by atoms with Crippen molar-refractivity contribution in [2.75, 3.05) is 19.6 Å². The summed E-state index contributed by atoms with van der Waals surface area (Å²) in [6.07, 6.45) is 1.69. The second kappa shape index (κ2) is 8.13. The average Bonchev–Trinajstić information content (AvgIpc) is 3.11. The molecule has 0 radical (unpaired) electrons. The predicted octanol–water partition coefficient (Wildman–Crippen LogP) is 5.04. The third-order valence-corrected chi connectivity index (χ3v) is 4.72. The molecule has 0 aliphatic rings. The summed E-state index contributed by atoms with van der Waals surface area (Å²) in [5.41, 5.74) is 5.78. The number of nitrogens with zero attached hydrogens (tertiary/aromatic N) is 2. The Bertz CT molecular complexity index is 878. The number of halogens is 1. The Morgan fingerprint density at radius 2 is 1.92 bits per heavy atom. The van der Waals surface area contributed by atoms with Gasteiger partial charge in [0.25, 0.3) is 0 Å². The Morgan fingerprint density at radius 1 is 1.12 bits per heavy atom. The molecule has 1 aromatic heterocycles. The van der Waals surface area contributed by atoms with Crippen LogP contribution in [-0.4, -0.2) is 25.4 Å². The number of methoxy groups -OCH3 is 2. The van der Waals surface area contributed by atoms with E-state index < -0.39 is 0 Å². The van der Waals surface area contributed by atoms with Crippen molar-refractivity contribution in [1.82, 2.24) is 4.98 Å². The minimum atomic E-state index is 0.694. The molecule has 0 atom stereocenters. The Hall–Kier alpha value is -2.38. The number of hydrogen-bond donors (Lipinski definition) is 1. The molecular formula is C18H16BrN3O2S. The standard InChI is InChI=1S/C18H16BrN3O2S/c1-23-15-8-5-13(17(9-15)24-2)10-20-22-18-21-16(11-25-18)12-3-6-14(19)7-4-12/h3-11H,1-2H3,(H,21,22). The van der Waals surface area contributed by atoms with Gasteiger partial charge in [0.15, 0.2) is 0 Å². The smallest absolute Gasteiger partial charge is 0.203 e. The van der Waals surface area contributed by atoms with Gasteiger partial charge in [0, 0.05) is 27.0 Å². The maximum Gasteiger partial charge on any atom is 0.203 e. The highest BCUT2D eigenvalue weighted by Gasteiger charge is 2.05.